The largest absolute Gasteiger partial charge is 0.207 e. The van der Waals surface area contributed by atoms with Gasteiger partial charge in [-0.05, 0) is 46.6 Å². The summed E-state index contributed by atoms with van der Waals surface area (Å²) in [6, 6.07) is 5.78. The fourth-order valence-electron chi connectivity index (χ4n) is 1.62. The summed E-state index contributed by atoms with van der Waals surface area (Å²) in [4.78, 5) is 0.563. The van der Waals surface area contributed by atoms with Gasteiger partial charge in [0.05, 0.1) is 8.61 Å². The molecule has 0 spiro atoms. The van der Waals surface area contributed by atoms with Gasteiger partial charge in [-0.25, -0.2) is 8.78 Å². The van der Waals surface area contributed by atoms with E-state index < -0.39 is 16.5 Å². The summed E-state index contributed by atoms with van der Waals surface area (Å²) >= 11 is 8.28. The third-order valence-electron chi connectivity index (χ3n) is 2.45. The van der Waals surface area contributed by atoms with Crippen LogP contribution in [0.4, 0.5) is 8.78 Å². The van der Waals surface area contributed by atoms with Crippen LogP contribution < -0.4 is 0 Å². The molecule has 17 heavy (non-hydrogen) atoms. The van der Waals surface area contributed by atoms with Crippen molar-refractivity contribution < 1.29 is 8.78 Å². The fourth-order valence-corrected chi connectivity index (χ4v) is 4.43. The first-order valence-corrected chi connectivity index (χ1v) is 7.37. The molecule has 1 aromatic heterocycles. The zero-order chi connectivity index (χ0) is 12.6. The van der Waals surface area contributed by atoms with Crippen LogP contribution in [0.1, 0.15) is 20.8 Å². The summed E-state index contributed by atoms with van der Waals surface area (Å²) in [6.45, 7) is 1.93. The van der Waals surface area contributed by atoms with Crippen LogP contribution in [0, 0.1) is 18.6 Å². The van der Waals surface area contributed by atoms with Crippen molar-refractivity contribution in [3.63, 3.8) is 0 Å². The molecule has 1 aromatic carbocycles. The van der Waals surface area contributed by atoms with E-state index in [-0.39, 0.29) is 5.56 Å². The van der Waals surface area contributed by atoms with E-state index in [2.05, 4.69) is 31.9 Å². The van der Waals surface area contributed by atoms with Crippen molar-refractivity contribution in [3.8, 4) is 0 Å². The maximum absolute atomic E-state index is 13.6. The van der Waals surface area contributed by atoms with Crippen LogP contribution in [-0.4, -0.2) is 0 Å². The van der Waals surface area contributed by atoms with Crippen molar-refractivity contribution in [1.82, 2.24) is 0 Å². The van der Waals surface area contributed by atoms with Gasteiger partial charge < -0.3 is 0 Å². The molecule has 2 rings (SSSR count). The molecule has 90 valence electrons. The number of benzene rings is 1. The predicted molar refractivity (Wildman–Crippen MR) is 73.9 cm³/mol. The summed E-state index contributed by atoms with van der Waals surface area (Å²) in [5.41, 5.74) is 0.937. The van der Waals surface area contributed by atoms with E-state index in [0.29, 0.717) is 0 Å². The molecular weight excluding hydrogens is 374 g/mol. The van der Waals surface area contributed by atoms with Crippen LogP contribution in [0.2, 0.25) is 0 Å². The highest BCUT2D eigenvalue weighted by atomic mass is 79.9. The van der Waals surface area contributed by atoms with Crippen LogP contribution in [0.25, 0.3) is 0 Å². The Kier molecular flexibility index (Phi) is 4.00. The molecule has 0 bridgehead atoms. The van der Waals surface area contributed by atoms with E-state index >= 15 is 0 Å². The summed E-state index contributed by atoms with van der Waals surface area (Å²) in [7, 11) is 0. The SMILES string of the molecule is Cc1sc(Br)cc1C(Br)c1c(F)cccc1F. The number of rotatable bonds is 2. The van der Waals surface area contributed by atoms with E-state index in [1.807, 2.05) is 13.0 Å². The van der Waals surface area contributed by atoms with Gasteiger partial charge in [0, 0.05) is 10.4 Å². The van der Waals surface area contributed by atoms with Gasteiger partial charge >= 0.3 is 0 Å². The lowest BCUT2D eigenvalue weighted by Gasteiger charge is -2.12. The molecule has 0 aliphatic heterocycles. The molecule has 0 aliphatic rings. The molecule has 2 aromatic rings. The quantitative estimate of drug-likeness (QED) is 0.595. The van der Waals surface area contributed by atoms with E-state index in [4.69, 9.17) is 0 Å². The summed E-state index contributed by atoms with van der Waals surface area (Å²) in [6.07, 6.45) is 0. The highest BCUT2D eigenvalue weighted by Crippen LogP contribution is 2.40. The summed E-state index contributed by atoms with van der Waals surface area (Å²) < 4.78 is 28.2. The Morgan fingerprint density at radius 1 is 1.24 bits per heavy atom. The molecular formula is C12H8Br2F2S. The normalized spacial score (nSPS) is 12.8. The Hall–Kier alpha value is -0.260. The number of hydrogen-bond acceptors (Lipinski definition) is 1. The van der Waals surface area contributed by atoms with Crippen LogP contribution in [0.15, 0.2) is 28.1 Å². The Balaban J connectivity index is 2.51. The van der Waals surface area contributed by atoms with Crippen LogP contribution >= 0.6 is 43.2 Å². The first-order chi connectivity index (χ1) is 8.00. The molecule has 0 amide bonds. The second kappa shape index (κ2) is 5.16. The third-order valence-corrected chi connectivity index (χ3v) is 4.97. The van der Waals surface area contributed by atoms with Gasteiger partial charge in [-0.1, -0.05) is 22.0 Å². The standard InChI is InChI=1S/C12H8Br2F2S/c1-6-7(5-10(13)17-6)12(14)11-8(15)3-2-4-9(11)16/h2-5,12H,1H3. The zero-order valence-corrected chi connectivity index (χ0v) is 12.8. The second-order valence-corrected chi connectivity index (χ2v) is 7.11. The predicted octanol–water partition coefficient (Wildman–Crippen LogP) is 5.58. The lowest BCUT2D eigenvalue weighted by molar-refractivity contribution is 0.561. The first-order valence-electron chi connectivity index (χ1n) is 4.84. The van der Waals surface area contributed by atoms with E-state index in [1.165, 1.54) is 18.2 Å². The van der Waals surface area contributed by atoms with Crippen molar-refractivity contribution >= 4 is 43.2 Å². The minimum absolute atomic E-state index is 0.0564. The minimum Gasteiger partial charge on any atom is -0.207 e. The number of alkyl halides is 1. The Labute approximate surface area is 119 Å². The molecule has 0 aliphatic carbocycles. The van der Waals surface area contributed by atoms with Gasteiger partial charge in [-0.15, -0.1) is 11.3 Å². The monoisotopic (exact) mass is 380 g/mol. The molecule has 1 heterocycles. The zero-order valence-electron chi connectivity index (χ0n) is 8.81. The summed E-state index contributed by atoms with van der Waals surface area (Å²) in [5, 5.41) is 0. The summed E-state index contributed by atoms with van der Waals surface area (Å²) in [5.74, 6) is -1.07. The first kappa shape index (κ1) is 13.2. The van der Waals surface area contributed by atoms with Crippen molar-refractivity contribution in [2.24, 2.45) is 0 Å². The van der Waals surface area contributed by atoms with E-state index in [1.54, 1.807) is 11.3 Å². The van der Waals surface area contributed by atoms with E-state index in [0.717, 1.165) is 14.2 Å². The smallest absolute Gasteiger partial charge is 0.130 e. The number of aryl methyl sites for hydroxylation is 1. The lowest BCUT2D eigenvalue weighted by atomic mass is 10.0. The lowest BCUT2D eigenvalue weighted by Crippen LogP contribution is -2.00. The highest BCUT2D eigenvalue weighted by Gasteiger charge is 2.22. The maximum atomic E-state index is 13.6. The maximum Gasteiger partial charge on any atom is 0.130 e. The molecule has 0 fully saturated rings. The molecule has 1 atom stereocenters. The molecule has 0 nitrogen and oxygen atoms in total. The van der Waals surface area contributed by atoms with Gasteiger partial charge in [-0.2, -0.15) is 0 Å². The van der Waals surface area contributed by atoms with Crippen molar-refractivity contribution in [2.75, 3.05) is 0 Å². The number of thiophene rings is 1. The number of halogens is 4. The minimum atomic E-state index is -0.534. The Morgan fingerprint density at radius 2 is 1.82 bits per heavy atom. The van der Waals surface area contributed by atoms with Gasteiger partial charge in [0.15, 0.2) is 0 Å². The molecule has 0 N–H and O–H groups in total. The molecule has 5 heteroatoms. The second-order valence-electron chi connectivity index (χ2n) is 3.56. The van der Waals surface area contributed by atoms with Gasteiger partial charge in [0.25, 0.3) is 0 Å². The molecule has 0 radical (unpaired) electrons. The fraction of sp³-hybridized carbons (Fsp3) is 0.167. The average molecular weight is 382 g/mol. The number of hydrogen-bond donors (Lipinski definition) is 0. The average Bonchev–Trinajstić information content (AvgIpc) is 2.57. The van der Waals surface area contributed by atoms with Crippen molar-refractivity contribution in [2.45, 2.75) is 11.8 Å². The Bertz CT molecular complexity index is 531. The van der Waals surface area contributed by atoms with Crippen LogP contribution in [0.3, 0.4) is 0 Å². The molecule has 0 saturated heterocycles. The third kappa shape index (κ3) is 2.61. The van der Waals surface area contributed by atoms with Crippen LogP contribution in [0.5, 0.6) is 0 Å². The van der Waals surface area contributed by atoms with Gasteiger partial charge in [0.1, 0.15) is 11.6 Å². The van der Waals surface area contributed by atoms with Crippen molar-refractivity contribution in [3.05, 3.63) is 55.7 Å². The molecule has 0 saturated carbocycles. The highest BCUT2D eigenvalue weighted by molar-refractivity contribution is 9.11. The van der Waals surface area contributed by atoms with Crippen molar-refractivity contribution in [1.29, 1.82) is 0 Å². The molecule has 1 unspecified atom stereocenters. The van der Waals surface area contributed by atoms with E-state index in [9.17, 15) is 8.78 Å². The van der Waals surface area contributed by atoms with Gasteiger partial charge in [-0.3, -0.25) is 0 Å². The van der Waals surface area contributed by atoms with Gasteiger partial charge in [0.2, 0.25) is 0 Å². The topological polar surface area (TPSA) is 0 Å². The van der Waals surface area contributed by atoms with Crippen LogP contribution in [-0.2, 0) is 0 Å². The Morgan fingerprint density at radius 3 is 2.29 bits per heavy atom.